The lowest BCUT2D eigenvalue weighted by molar-refractivity contribution is -0.123. The van der Waals surface area contributed by atoms with Crippen molar-refractivity contribution in [3.63, 3.8) is 0 Å². The summed E-state index contributed by atoms with van der Waals surface area (Å²) in [4.78, 5) is 26.1. The number of thiophene rings is 1. The predicted octanol–water partition coefficient (Wildman–Crippen LogP) is 3.42. The first-order chi connectivity index (χ1) is 10.9. The molecule has 1 amide bonds. The first-order valence-corrected chi connectivity index (χ1v) is 7.81. The van der Waals surface area contributed by atoms with Gasteiger partial charge in [0.2, 0.25) is 0 Å². The summed E-state index contributed by atoms with van der Waals surface area (Å²) in [5, 5.41) is 11.5. The number of nitrogens with zero attached hydrogens (tertiary/aromatic N) is 1. The third kappa shape index (κ3) is 4.18. The van der Waals surface area contributed by atoms with Crippen molar-refractivity contribution in [2.75, 3.05) is 5.32 Å². The zero-order chi connectivity index (χ0) is 17.0. The van der Waals surface area contributed by atoms with Crippen molar-refractivity contribution in [2.45, 2.75) is 26.9 Å². The van der Waals surface area contributed by atoms with Crippen molar-refractivity contribution in [1.29, 1.82) is 5.26 Å². The molecule has 0 unspecified atom stereocenters. The summed E-state index contributed by atoms with van der Waals surface area (Å²) in [6.07, 6.45) is -0.937. The zero-order valence-corrected chi connectivity index (χ0v) is 13.9. The highest BCUT2D eigenvalue weighted by Crippen LogP contribution is 2.22. The number of rotatable bonds is 4. The Balaban J connectivity index is 2.01. The van der Waals surface area contributed by atoms with E-state index in [2.05, 4.69) is 5.32 Å². The lowest BCUT2D eigenvalue weighted by Gasteiger charge is -2.13. The molecule has 1 aromatic heterocycles. The van der Waals surface area contributed by atoms with Crippen LogP contribution >= 0.6 is 11.3 Å². The highest BCUT2D eigenvalue weighted by Gasteiger charge is 2.21. The summed E-state index contributed by atoms with van der Waals surface area (Å²) in [5.41, 5.74) is 1.41. The van der Waals surface area contributed by atoms with Crippen LogP contribution in [0, 0.1) is 25.2 Å². The number of nitriles is 1. The molecule has 0 spiro atoms. The van der Waals surface area contributed by atoms with Crippen molar-refractivity contribution in [1.82, 2.24) is 0 Å². The smallest absolute Gasteiger partial charge is 0.340 e. The quantitative estimate of drug-likeness (QED) is 0.872. The number of hydrogen-bond donors (Lipinski definition) is 1. The molecule has 6 heteroatoms. The van der Waals surface area contributed by atoms with E-state index in [1.54, 1.807) is 30.3 Å². The van der Waals surface area contributed by atoms with Gasteiger partial charge in [-0.25, -0.2) is 4.79 Å². The number of benzene rings is 1. The van der Waals surface area contributed by atoms with Gasteiger partial charge in [0.25, 0.3) is 5.91 Å². The molecule has 0 aliphatic heterocycles. The van der Waals surface area contributed by atoms with E-state index in [0.717, 1.165) is 9.75 Å². The number of amides is 1. The van der Waals surface area contributed by atoms with E-state index in [1.165, 1.54) is 18.3 Å². The monoisotopic (exact) mass is 328 g/mol. The molecule has 23 heavy (non-hydrogen) atoms. The van der Waals surface area contributed by atoms with Crippen LogP contribution < -0.4 is 5.32 Å². The molecule has 1 N–H and O–H groups in total. The van der Waals surface area contributed by atoms with Gasteiger partial charge >= 0.3 is 5.97 Å². The van der Waals surface area contributed by atoms with E-state index in [4.69, 9.17) is 10.00 Å². The van der Waals surface area contributed by atoms with Crippen LogP contribution in [0.1, 0.15) is 32.6 Å². The van der Waals surface area contributed by atoms with Crippen molar-refractivity contribution < 1.29 is 14.3 Å². The molecule has 0 radical (unpaired) electrons. The molecule has 1 atom stereocenters. The molecular formula is C17H16N2O3S. The third-order valence-electron chi connectivity index (χ3n) is 3.17. The molecule has 0 bridgehead atoms. The molecule has 1 heterocycles. The van der Waals surface area contributed by atoms with Crippen LogP contribution in [0.15, 0.2) is 30.3 Å². The maximum Gasteiger partial charge on any atom is 0.340 e. The molecule has 2 aromatic rings. The van der Waals surface area contributed by atoms with Crippen LogP contribution in [0.3, 0.4) is 0 Å². The van der Waals surface area contributed by atoms with Gasteiger partial charge in [-0.2, -0.15) is 5.26 Å². The lowest BCUT2D eigenvalue weighted by Crippen LogP contribution is -2.30. The molecule has 118 valence electrons. The summed E-state index contributed by atoms with van der Waals surface area (Å²) in [6.45, 7) is 5.26. The van der Waals surface area contributed by atoms with Gasteiger partial charge in [-0.15, -0.1) is 11.3 Å². The minimum Gasteiger partial charge on any atom is -0.449 e. The SMILES string of the molecule is Cc1cc(C(=O)O[C@H](C)C(=O)Nc2cccc(C#N)c2)c(C)s1. The minimum atomic E-state index is -0.937. The molecule has 0 aliphatic carbocycles. The van der Waals surface area contributed by atoms with E-state index in [0.29, 0.717) is 16.8 Å². The number of carbonyl (C=O) groups is 2. The van der Waals surface area contributed by atoms with Gasteiger partial charge in [-0.1, -0.05) is 6.07 Å². The predicted molar refractivity (Wildman–Crippen MR) is 88.5 cm³/mol. The minimum absolute atomic E-state index is 0.442. The summed E-state index contributed by atoms with van der Waals surface area (Å²) in [5.74, 6) is -0.960. The van der Waals surface area contributed by atoms with Crippen molar-refractivity contribution in [3.05, 3.63) is 51.2 Å². The standard InChI is InChI=1S/C17H16N2O3S/c1-10-7-15(12(3)23-10)17(21)22-11(2)16(20)19-14-6-4-5-13(8-14)9-18/h4-8,11H,1-3H3,(H,19,20)/t11-/m1/s1. The number of hydrogen-bond acceptors (Lipinski definition) is 5. The first kappa shape index (κ1) is 16.7. The van der Waals surface area contributed by atoms with E-state index in [9.17, 15) is 9.59 Å². The van der Waals surface area contributed by atoms with Crippen LogP contribution in [0.4, 0.5) is 5.69 Å². The van der Waals surface area contributed by atoms with Crippen molar-refractivity contribution in [2.24, 2.45) is 0 Å². The highest BCUT2D eigenvalue weighted by atomic mass is 32.1. The molecule has 0 fully saturated rings. The second-order valence-corrected chi connectivity index (χ2v) is 6.52. The number of esters is 1. The molecule has 5 nitrogen and oxygen atoms in total. The average Bonchev–Trinajstić information content (AvgIpc) is 2.86. The number of ether oxygens (including phenoxy) is 1. The fraction of sp³-hybridized carbons (Fsp3) is 0.235. The van der Waals surface area contributed by atoms with Gasteiger partial charge in [-0.05, 0) is 45.0 Å². The molecular weight excluding hydrogens is 312 g/mol. The fourth-order valence-corrected chi connectivity index (χ4v) is 2.93. The van der Waals surface area contributed by atoms with E-state index in [-0.39, 0.29) is 0 Å². The highest BCUT2D eigenvalue weighted by molar-refractivity contribution is 7.12. The van der Waals surface area contributed by atoms with Gasteiger partial charge in [0, 0.05) is 15.4 Å². The van der Waals surface area contributed by atoms with Gasteiger partial charge in [-0.3, -0.25) is 4.79 Å². The Morgan fingerprint density at radius 2 is 2.04 bits per heavy atom. The summed E-state index contributed by atoms with van der Waals surface area (Å²) in [6, 6.07) is 10.3. The molecule has 0 aliphatic rings. The largest absolute Gasteiger partial charge is 0.449 e. The normalized spacial score (nSPS) is 11.4. The van der Waals surface area contributed by atoms with Crippen LogP contribution in [0.2, 0.25) is 0 Å². The van der Waals surface area contributed by atoms with E-state index in [1.807, 2.05) is 19.9 Å². The number of nitrogens with one attached hydrogen (secondary N) is 1. The Labute approximate surface area is 138 Å². The van der Waals surface area contributed by atoms with Gasteiger partial charge < -0.3 is 10.1 Å². The number of carbonyl (C=O) groups excluding carboxylic acids is 2. The lowest BCUT2D eigenvalue weighted by atomic mass is 10.2. The summed E-state index contributed by atoms with van der Waals surface area (Å²) in [7, 11) is 0. The Morgan fingerprint density at radius 1 is 1.30 bits per heavy atom. The van der Waals surface area contributed by atoms with Crippen LogP contribution in [-0.2, 0) is 9.53 Å². The van der Waals surface area contributed by atoms with E-state index >= 15 is 0 Å². The van der Waals surface area contributed by atoms with Gasteiger partial charge in [0.05, 0.1) is 17.2 Å². The van der Waals surface area contributed by atoms with Crippen LogP contribution in [0.5, 0.6) is 0 Å². The number of aryl methyl sites for hydroxylation is 2. The topological polar surface area (TPSA) is 79.2 Å². The Kier molecular flexibility index (Phi) is 5.14. The molecule has 1 aromatic carbocycles. The second-order valence-electron chi connectivity index (χ2n) is 5.06. The average molecular weight is 328 g/mol. The van der Waals surface area contributed by atoms with Gasteiger partial charge in [0.15, 0.2) is 6.10 Å². The van der Waals surface area contributed by atoms with Gasteiger partial charge in [0.1, 0.15) is 0 Å². The van der Waals surface area contributed by atoms with E-state index < -0.39 is 18.0 Å². The summed E-state index contributed by atoms with van der Waals surface area (Å²) < 4.78 is 5.21. The Bertz CT molecular complexity index is 789. The van der Waals surface area contributed by atoms with Crippen LogP contribution in [0.25, 0.3) is 0 Å². The maximum absolute atomic E-state index is 12.1. The third-order valence-corrected chi connectivity index (χ3v) is 4.14. The Morgan fingerprint density at radius 3 is 2.65 bits per heavy atom. The molecule has 2 rings (SSSR count). The maximum atomic E-state index is 12.1. The Hall–Kier alpha value is -2.65. The fourth-order valence-electron chi connectivity index (χ4n) is 2.02. The van der Waals surface area contributed by atoms with Crippen molar-refractivity contribution in [3.8, 4) is 6.07 Å². The number of anilines is 1. The molecule has 0 saturated carbocycles. The van der Waals surface area contributed by atoms with Crippen LogP contribution in [-0.4, -0.2) is 18.0 Å². The second kappa shape index (κ2) is 7.07. The summed E-state index contributed by atoms with van der Waals surface area (Å²) >= 11 is 1.51. The first-order valence-electron chi connectivity index (χ1n) is 6.99. The van der Waals surface area contributed by atoms with Crippen molar-refractivity contribution >= 4 is 28.9 Å². The zero-order valence-electron chi connectivity index (χ0n) is 13.0. The molecule has 0 saturated heterocycles.